The molecule has 314 valence electrons. The standard InChI is InChI=1S/C42H50N6O10S/c1-28(49)57-26-32-14-7-9-16-34(32)38(51)44-42(45-39(52)35-17-10-8-15-33(35)27-58-29(2)50)47-22-19-31(20-23-47)25-43-40(53)37-18-11-21-48(37)41(54)36(46-59(3,55)56)24-30-12-5-4-6-13-30/h4-10,12-17,31,36-37,46H,11,18-27H2,1-3H3,(H,43,53)(H,44,45,51,52)/t36-,37+/m1/s1. The topological polar surface area (TPSA) is 210 Å². The minimum absolute atomic E-state index is 0.0000611. The molecule has 2 heterocycles. The van der Waals surface area contributed by atoms with Crippen LogP contribution in [0, 0.1) is 5.92 Å². The molecule has 0 radical (unpaired) electrons. The lowest BCUT2D eigenvalue weighted by Gasteiger charge is -2.34. The minimum Gasteiger partial charge on any atom is -0.461 e. The van der Waals surface area contributed by atoms with Crippen molar-refractivity contribution >= 4 is 51.6 Å². The fraction of sp³-hybridized carbons (Fsp3) is 0.405. The Bertz CT molecular complexity index is 2150. The summed E-state index contributed by atoms with van der Waals surface area (Å²) in [6, 6.07) is 20.4. The van der Waals surface area contributed by atoms with E-state index in [0.717, 1.165) is 11.8 Å². The number of nitrogens with one attached hydrogen (secondary N) is 3. The van der Waals surface area contributed by atoms with Crippen LogP contribution in [-0.2, 0) is 58.3 Å². The molecular formula is C42H50N6O10S. The molecular weight excluding hydrogens is 781 g/mol. The number of hydrogen-bond donors (Lipinski definition) is 3. The Hall–Kier alpha value is -5.94. The number of sulfonamides is 1. The summed E-state index contributed by atoms with van der Waals surface area (Å²) in [5, 5.41) is 5.80. The zero-order valence-electron chi connectivity index (χ0n) is 33.3. The minimum atomic E-state index is -3.73. The lowest BCUT2D eigenvalue weighted by atomic mass is 9.96. The number of hydrogen-bond acceptors (Lipinski definition) is 10. The van der Waals surface area contributed by atoms with Crippen LogP contribution in [0.3, 0.4) is 0 Å². The Morgan fingerprint density at radius 3 is 1.97 bits per heavy atom. The van der Waals surface area contributed by atoms with E-state index in [2.05, 4.69) is 20.3 Å². The van der Waals surface area contributed by atoms with E-state index in [-0.39, 0.29) is 48.5 Å². The second-order valence-corrected chi connectivity index (χ2v) is 16.3. The van der Waals surface area contributed by atoms with Gasteiger partial charge in [0, 0.05) is 62.3 Å². The summed E-state index contributed by atoms with van der Waals surface area (Å²) in [6.07, 6.45) is 3.27. The fourth-order valence-corrected chi connectivity index (χ4v) is 7.79. The lowest BCUT2D eigenvalue weighted by molar-refractivity contribution is -0.143. The molecule has 0 aromatic heterocycles. The van der Waals surface area contributed by atoms with Crippen molar-refractivity contribution in [2.45, 2.75) is 71.2 Å². The predicted octanol–water partition coefficient (Wildman–Crippen LogP) is 2.72. The Morgan fingerprint density at radius 2 is 1.36 bits per heavy atom. The monoisotopic (exact) mass is 830 g/mol. The van der Waals surface area contributed by atoms with Gasteiger partial charge in [0.25, 0.3) is 11.8 Å². The summed E-state index contributed by atoms with van der Waals surface area (Å²) in [6.45, 7) is 3.61. The zero-order chi connectivity index (χ0) is 42.5. The van der Waals surface area contributed by atoms with E-state index in [1.54, 1.807) is 53.4 Å². The molecule has 16 nitrogen and oxygen atoms in total. The molecule has 3 N–H and O–H groups in total. The molecule has 5 rings (SSSR count). The highest BCUT2D eigenvalue weighted by Crippen LogP contribution is 2.22. The Morgan fingerprint density at radius 1 is 0.780 bits per heavy atom. The van der Waals surface area contributed by atoms with Gasteiger partial charge in [-0.25, -0.2) is 13.1 Å². The van der Waals surface area contributed by atoms with Crippen molar-refractivity contribution in [3.8, 4) is 0 Å². The third-order valence-electron chi connectivity index (χ3n) is 10.1. The predicted molar refractivity (Wildman–Crippen MR) is 217 cm³/mol. The number of rotatable bonds is 14. The summed E-state index contributed by atoms with van der Waals surface area (Å²) in [5.74, 6) is -3.04. The number of esters is 2. The maximum atomic E-state index is 13.7. The van der Waals surface area contributed by atoms with Crippen molar-refractivity contribution in [1.82, 2.24) is 25.2 Å². The lowest BCUT2D eigenvalue weighted by Crippen LogP contribution is -2.54. The molecule has 59 heavy (non-hydrogen) atoms. The van der Waals surface area contributed by atoms with Gasteiger partial charge in [-0.15, -0.1) is 0 Å². The van der Waals surface area contributed by atoms with Crippen molar-refractivity contribution in [3.63, 3.8) is 0 Å². The summed E-state index contributed by atoms with van der Waals surface area (Å²) >= 11 is 0. The van der Waals surface area contributed by atoms with Crippen LogP contribution in [-0.4, -0.2) is 104 Å². The molecule has 2 saturated heterocycles. The number of carbonyl (C=O) groups excluding carboxylic acids is 6. The second-order valence-electron chi connectivity index (χ2n) is 14.6. The van der Waals surface area contributed by atoms with E-state index in [1.165, 1.54) is 18.7 Å². The Labute approximate surface area is 343 Å². The van der Waals surface area contributed by atoms with E-state index in [1.807, 2.05) is 30.3 Å². The molecule has 0 bridgehead atoms. The van der Waals surface area contributed by atoms with Crippen LogP contribution in [0.15, 0.2) is 83.9 Å². The number of amides is 4. The van der Waals surface area contributed by atoms with E-state index >= 15 is 0 Å². The number of benzene rings is 3. The normalized spacial score (nSPS) is 16.5. The van der Waals surface area contributed by atoms with Crippen LogP contribution < -0.4 is 15.4 Å². The number of guanidine groups is 1. The molecule has 2 aliphatic rings. The van der Waals surface area contributed by atoms with E-state index in [0.29, 0.717) is 63.0 Å². The van der Waals surface area contributed by atoms with E-state index in [9.17, 15) is 37.2 Å². The molecule has 3 aromatic carbocycles. The van der Waals surface area contributed by atoms with Crippen LogP contribution in [0.2, 0.25) is 0 Å². The number of aliphatic imine (C=N–C) groups is 1. The number of ether oxygens (including phenoxy) is 2. The third kappa shape index (κ3) is 13.0. The highest BCUT2D eigenvalue weighted by atomic mass is 32.2. The Kier molecular flexibility index (Phi) is 15.5. The highest BCUT2D eigenvalue weighted by molar-refractivity contribution is 7.88. The maximum Gasteiger partial charge on any atom is 0.302 e. The van der Waals surface area contributed by atoms with E-state index in [4.69, 9.17) is 9.47 Å². The van der Waals surface area contributed by atoms with Gasteiger partial charge in [-0.3, -0.25) is 34.1 Å². The van der Waals surface area contributed by atoms with Gasteiger partial charge in [0.05, 0.1) is 6.26 Å². The van der Waals surface area contributed by atoms with Gasteiger partial charge in [-0.1, -0.05) is 66.7 Å². The maximum absolute atomic E-state index is 13.7. The van der Waals surface area contributed by atoms with Gasteiger partial charge < -0.3 is 24.6 Å². The summed E-state index contributed by atoms with van der Waals surface area (Å²) < 4.78 is 37.2. The molecule has 3 aromatic rings. The number of likely N-dealkylation sites (tertiary alicyclic amines) is 2. The van der Waals surface area contributed by atoms with Crippen molar-refractivity contribution in [3.05, 3.63) is 107 Å². The first kappa shape index (κ1) is 44.2. The summed E-state index contributed by atoms with van der Waals surface area (Å²) in [4.78, 5) is 85.4. The summed E-state index contributed by atoms with van der Waals surface area (Å²) in [7, 11) is -3.73. The molecule has 0 aliphatic carbocycles. The number of carbonyl (C=O) groups is 6. The zero-order valence-corrected chi connectivity index (χ0v) is 34.2. The van der Waals surface area contributed by atoms with Crippen molar-refractivity contribution < 1.29 is 46.7 Å². The second kappa shape index (κ2) is 20.7. The molecule has 2 aliphatic heterocycles. The van der Waals surface area contributed by atoms with E-state index < -0.39 is 51.8 Å². The number of nitrogens with zero attached hydrogens (tertiary/aromatic N) is 3. The van der Waals surface area contributed by atoms with Gasteiger partial charge in [-0.05, 0) is 55.7 Å². The molecule has 0 saturated carbocycles. The molecule has 0 spiro atoms. The van der Waals surface area contributed by atoms with Crippen LogP contribution >= 0.6 is 0 Å². The largest absolute Gasteiger partial charge is 0.461 e. The first-order chi connectivity index (χ1) is 28.2. The van der Waals surface area contributed by atoms with Gasteiger partial charge in [0.2, 0.25) is 27.8 Å². The molecule has 4 amide bonds. The number of piperidine rings is 1. The SMILES string of the molecule is CC(=O)OCc1ccccc1C(=O)/N=C(/NC(=O)c1ccccc1COC(C)=O)N1CCC(CNC(=O)[C@@H]2CCCN2C(=O)[C@@H](Cc2ccccc2)NS(C)(=O)=O)CC1. The Balaban J connectivity index is 1.26. The van der Waals surface area contributed by atoms with Crippen molar-refractivity contribution in [2.75, 3.05) is 32.4 Å². The molecule has 17 heteroatoms. The average Bonchev–Trinajstić information content (AvgIpc) is 3.71. The fourth-order valence-electron chi connectivity index (χ4n) is 7.09. The van der Waals surface area contributed by atoms with Gasteiger partial charge in [0.1, 0.15) is 25.3 Å². The smallest absolute Gasteiger partial charge is 0.302 e. The molecule has 2 fully saturated rings. The van der Waals surface area contributed by atoms with Crippen molar-refractivity contribution in [2.24, 2.45) is 10.9 Å². The first-order valence-corrected chi connectivity index (χ1v) is 21.3. The van der Waals surface area contributed by atoms with Crippen LogP contribution in [0.5, 0.6) is 0 Å². The van der Waals surface area contributed by atoms with Crippen LogP contribution in [0.1, 0.15) is 76.9 Å². The van der Waals surface area contributed by atoms with Gasteiger partial charge in [0.15, 0.2) is 0 Å². The summed E-state index contributed by atoms with van der Waals surface area (Å²) in [5.41, 5.74) is 2.07. The van der Waals surface area contributed by atoms with Crippen LogP contribution in [0.25, 0.3) is 0 Å². The highest BCUT2D eigenvalue weighted by Gasteiger charge is 2.38. The quantitative estimate of drug-likeness (QED) is 0.122. The third-order valence-corrected chi connectivity index (χ3v) is 10.8. The van der Waals surface area contributed by atoms with Crippen molar-refractivity contribution in [1.29, 1.82) is 0 Å². The first-order valence-electron chi connectivity index (χ1n) is 19.4. The molecule has 2 atom stereocenters. The average molecular weight is 831 g/mol. The van der Waals surface area contributed by atoms with Gasteiger partial charge in [-0.2, -0.15) is 4.99 Å². The van der Waals surface area contributed by atoms with Crippen LogP contribution in [0.4, 0.5) is 0 Å². The molecule has 0 unspecified atom stereocenters. The van der Waals surface area contributed by atoms with Gasteiger partial charge >= 0.3 is 11.9 Å².